The largest absolute Gasteiger partial charge is 0.355 e. The van der Waals surface area contributed by atoms with Gasteiger partial charge in [0.1, 0.15) is 0 Å². The van der Waals surface area contributed by atoms with Crippen LogP contribution in [0.5, 0.6) is 0 Å². The minimum Gasteiger partial charge on any atom is -0.355 e. The first kappa shape index (κ1) is 22.2. The molecule has 3 N–H and O–H groups in total. The zero-order chi connectivity index (χ0) is 15.1. The Hall–Kier alpha value is -0.810. The lowest BCUT2D eigenvalue weighted by molar-refractivity contribution is -0.121. The van der Waals surface area contributed by atoms with Gasteiger partial charge in [-0.3, -0.25) is 9.69 Å². The summed E-state index contributed by atoms with van der Waals surface area (Å²) in [6.07, 6.45) is 4.22. The molecule has 1 saturated heterocycles. The molecule has 0 radical (unpaired) electrons. The Labute approximate surface area is 152 Å². The molecule has 2 atom stereocenters. The van der Waals surface area contributed by atoms with Crippen molar-refractivity contribution in [2.75, 3.05) is 19.6 Å². The van der Waals surface area contributed by atoms with E-state index in [-0.39, 0.29) is 36.8 Å². The van der Waals surface area contributed by atoms with Crippen molar-refractivity contribution in [1.82, 2.24) is 10.2 Å². The molecule has 0 saturated carbocycles. The Kier molecular flexibility index (Phi) is 11.3. The number of hydrogen-bond acceptors (Lipinski definition) is 3. The van der Waals surface area contributed by atoms with Crippen LogP contribution in [-0.4, -0.2) is 36.5 Å². The standard InChI is InChI=1S/C17H27N3O.2ClH/c1-14-7-5-6-11-20(14)12-10-19-17(21)13-16(18)15-8-3-2-4-9-15;;/h2-4,8-9,14,16H,5-7,10-13,18H2,1H3,(H,19,21);2*1H. The Morgan fingerprint density at radius 2 is 2.00 bits per heavy atom. The molecule has 132 valence electrons. The number of carbonyl (C=O) groups excluding carboxylic acids is 1. The Bertz CT molecular complexity index is 445. The zero-order valence-corrected chi connectivity index (χ0v) is 15.4. The molecule has 1 aliphatic heterocycles. The van der Waals surface area contributed by atoms with Gasteiger partial charge < -0.3 is 11.1 Å². The molecule has 1 aliphatic rings. The lowest BCUT2D eigenvalue weighted by Crippen LogP contribution is -2.42. The summed E-state index contributed by atoms with van der Waals surface area (Å²) < 4.78 is 0. The molecule has 0 aromatic heterocycles. The van der Waals surface area contributed by atoms with Crippen molar-refractivity contribution in [3.05, 3.63) is 35.9 Å². The SMILES string of the molecule is CC1CCCCN1CCNC(=O)CC(N)c1ccccc1.Cl.Cl. The van der Waals surface area contributed by atoms with Crippen molar-refractivity contribution in [2.24, 2.45) is 5.73 Å². The number of benzene rings is 1. The van der Waals surface area contributed by atoms with Crippen molar-refractivity contribution >= 4 is 30.7 Å². The van der Waals surface area contributed by atoms with Gasteiger partial charge in [0, 0.05) is 31.6 Å². The maximum absolute atomic E-state index is 11.9. The highest BCUT2D eigenvalue weighted by Crippen LogP contribution is 2.15. The molecule has 23 heavy (non-hydrogen) atoms. The molecule has 1 aromatic rings. The van der Waals surface area contributed by atoms with Gasteiger partial charge in [0.25, 0.3) is 0 Å². The van der Waals surface area contributed by atoms with E-state index < -0.39 is 0 Å². The van der Waals surface area contributed by atoms with Gasteiger partial charge in [-0.15, -0.1) is 24.8 Å². The summed E-state index contributed by atoms with van der Waals surface area (Å²) in [5.74, 6) is 0.0380. The molecule has 1 fully saturated rings. The fraction of sp³-hybridized carbons (Fsp3) is 0.588. The van der Waals surface area contributed by atoms with Crippen LogP contribution in [-0.2, 0) is 4.79 Å². The van der Waals surface area contributed by atoms with Gasteiger partial charge in [-0.05, 0) is 31.9 Å². The number of likely N-dealkylation sites (tertiary alicyclic amines) is 1. The molecule has 1 aromatic carbocycles. The van der Waals surface area contributed by atoms with E-state index in [9.17, 15) is 4.79 Å². The highest BCUT2D eigenvalue weighted by atomic mass is 35.5. The molecule has 2 rings (SSSR count). The fourth-order valence-electron chi connectivity index (χ4n) is 2.92. The molecule has 6 heteroatoms. The van der Waals surface area contributed by atoms with Crippen LogP contribution in [0.2, 0.25) is 0 Å². The molecule has 1 amide bonds. The van der Waals surface area contributed by atoms with E-state index in [1.54, 1.807) is 0 Å². The first-order valence-electron chi connectivity index (χ1n) is 7.98. The minimum absolute atomic E-state index is 0. The van der Waals surface area contributed by atoms with E-state index in [0.717, 1.165) is 18.7 Å². The van der Waals surface area contributed by atoms with Crippen LogP contribution in [0.4, 0.5) is 0 Å². The third kappa shape index (κ3) is 7.53. The summed E-state index contributed by atoms with van der Waals surface area (Å²) in [4.78, 5) is 14.4. The van der Waals surface area contributed by atoms with E-state index in [4.69, 9.17) is 5.73 Å². The van der Waals surface area contributed by atoms with E-state index >= 15 is 0 Å². The highest BCUT2D eigenvalue weighted by molar-refractivity contribution is 5.85. The Morgan fingerprint density at radius 3 is 2.65 bits per heavy atom. The number of piperidine rings is 1. The predicted octanol–water partition coefficient (Wildman–Crippen LogP) is 2.91. The molecular formula is C17H29Cl2N3O. The summed E-state index contributed by atoms with van der Waals surface area (Å²) in [7, 11) is 0. The minimum atomic E-state index is -0.222. The smallest absolute Gasteiger partial charge is 0.221 e. The van der Waals surface area contributed by atoms with Gasteiger partial charge in [-0.25, -0.2) is 0 Å². The van der Waals surface area contributed by atoms with Gasteiger partial charge in [0.15, 0.2) is 0 Å². The van der Waals surface area contributed by atoms with Crippen LogP contribution >= 0.6 is 24.8 Å². The number of nitrogens with one attached hydrogen (secondary N) is 1. The summed E-state index contributed by atoms with van der Waals surface area (Å²) in [5, 5.41) is 2.99. The molecule has 2 unspecified atom stereocenters. The Morgan fingerprint density at radius 1 is 1.30 bits per heavy atom. The van der Waals surface area contributed by atoms with Crippen LogP contribution in [0.1, 0.15) is 44.2 Å². The van der Waals surface area contributed by atoms with Crippen molar-refractivity contribution in [3.8, 4) is 0 Å². The quantitative estimate of drug-likeness (QED) is 0.818. The average Bonchev–Trinajstić information content (AvgIpc) is 2.50. The van der Waals surface area contributed by atoms with Crippen molar-refractivity contribution in [1.29, 1.82) is 0 Å². The first-order valence-corrected chi connectivity index (χ1v) is 7.98. The second-order valence-electron chi connectivity index (χ2n) is 5.95. The topological polar surface area (TPSA) is 58.4 Å². The zero-order valence-electron chi connectivity index (χ0n) is 13.7. The number of halogens is 2. The van der Waals surface area contributed by atoms with Crippen LogP contribution in [0.3, 0.4) is 0 Å². The third-order valence-electron chi connectivity index (χ3n) is 4.29. The molecule has 1 heterocycles. The Balaban J connectivity index is 0.00000242. The highest BCUT2D eigenvalue weighted by Gasteiger charge is 2.18. The second kappa shape index (κ2) is 11.7. The van der Waals surface area contributed by atoms with Crippen molar-refractivity contribution < 1.29 is 4.79 Å². The van der Waals surface area contributed by atoms with Crippen molar-refractivity contribution in [2.45, 2.75) is 44.7 Å². The summed E-state index contributed by atoms with van der Waals surface area (Å²) in [5.41, 5.74) is 7.07. The van der Waals surface area contributed by atoms with E-state index in [0.29, 0.717) is 19.0 Å². The molecule has 0 aliphatic carbocycles. The first-order chi connectivity index (χ1) is 10.2. The average molecular weight is 362 g/mol. The van der Waals surface area contributed by atoms with Gasteiger partial charge >= 0.3 is 0 Å². The normalized spacial score (nSPS) is 19.1. The predicted molar refractivity (Wildman–Crippen MR) is 100 cm³/mol. The number of hydrogen-bond donors (Lipinski definition) is 2. The summed E-state index contributed by atoms with van der Waals surface area (Å²) in [6, 6.07) is 10.2. The lowest BCUT2D eigenvalue weighted by atomic mass is 10.0. The van der Waals surface area contributed by atoms with E-state index in [2.05, 4.69) is 17.1 Å². The maximum atomic E-state index is 11.9. The molecule has 4 nitrogen and oxygen atoms in total. The maximum Gasteiger partial charge on any atom is 0.221 e. The van der Waals surface area contributed by atoms with Crippen LogP contribution in [0.15, 0.2) is 30.3 Å². The molecule has 0 spiro atoms. The number of rotatable bonds is 6. The van der Waals surface area contributed by atoms with Crippen LogP contribution < -0.4 is 11.1 Å². The van der Waals surface area contributed by atoms with Crippen LogP contribution in [0.25, 0.3) is 0 Å². The van der Waals surface area contributed by atoms with Gasteiger partial charge in [-0.2, -0.15) is 0 Å². The summed E-state index contributed by atoms with van der Waals surface area (Å²) >= 11 is 0. The molecule has 0 bridgehead atoms. The van der Waals surface area contributed by atoms with Gasteiger partial charge in [-0.1, -0.05) is 36.8 Å². The monoisotopic (exact) mass is 361 g/mol. The van der Waals surface area contributed by atoms with Crippen molar-refractivity contribution in [3.63, 3.8) is 0 Å². The number of nitrogens with two attached hydrogens (primary N) is 1. The fourth-order valence-corrected chi connectivity index (χ4v) is 2.92. The number of amides is 1. The number of nitrogens with zero attached hydrogens (tertiary/aromatic N) is 1. The lowest BCUT2D eigenvalue weighted by Gasteiger charge is -2.33. The number of carbonyl (C=O) groups is 1. The summed E-state index contributed by atoms with van der Waals surface area (Å²) in [6.45, 7) is 5.07. The van der Waals surface area contributed by atoms with E-state index in [1.807, 2.05) is 30.3 Å². The second-order valence-corrected chi connectivity index (χ2v) is 5.95. The van der Waals surface area contributed by atoms with Gasteiger partial charge in [0.05, 0.1) is 0 Å². The van der Waals surface area contributed by atoms with E-state index in [1.165, 1.54) is 19.3 Å². The van der Waals surface area contributed by atoms with Crippen LogP contribution in [0, 0.1) is 0 Å². The molecular weight excluding hydrogens is 333 g/mol. The van der Waals surface area contributed by atoms with Gasteiger partial charge in [0.2, 0.25) is 5.91 Å². The third-order valence-corrected chi connectivity index (χ3v) is 4.29.